The minimum atomic E-state index is 0.736. The average molecular weight is 258 g/mol. The van der Waals surface area contributed by atoms with Crippen LogP contribution in [0.4, 0.5) is 0 Å². The van der Waals surface area contributed by atoms with E-state index in [1.165, 1.54) is 41.4 Å². The number of hydrogen-bond acceptors (Lipinski definition) is 2. The van der Waals surface area contributed by atoms with Crippen LogP contribution in [0.3, 0.4) is 0 Å². The Balaban J connectivity index is 1.95. The Bertz CT molecular complexity index is 567. The number of ether oxygens (including phenoxy) is 1. The SMILES string of the molecule is COc1c(CC2CCCNC2)ccc2[nH]cc(C)c12. The van der Waals surface area contributed by atoms with Gasteiger partial charge in [0.05, 0.1) is 7.11 Å². The Morgan fingerprint density at radius 1 is 1.37 bits per heavy atom. The highest BCUT2D eigenvalue weighted by molar-refractivity contribution is 5.90. The number of aromatic nitrogens is 1. The van der Waals surface area contributed by atoms with Crippen LogP contribution in [0.15, 0.2) is 18.3 Å². The third kappa shape index (κ3) is 2.35. The fourth-order valence-electron chi connectivity index (χ4n) is 3.20. The zero-order valence-corrected chi connectivity index (χ0v) is 11.8. The summed E-state index contributed by atoms with van der Waals surface area (Å²) in [4.78, 5) is 3.30. The van der Waals surface area contributed by atoms with Gasteiger partial charge in [-0.1, -0.05) is 6.07 Å². The Morgan fingerprint density at radius 2 is 2.26 bits per heavy atom. The number of aryl methyl sites for hydroxylation is 1. The molecule has 0 amide bonds. The minimum absolute atomic E-state index is 0.736. The van der Waals surface area contributed by atoms with E-state index in [0.717, 1.165) is 24.6 Å². The van der Waals surface area contributed by atoms with Crippen molar-refractivity contribution in [1.82, 2.24) is 10.3 Å². The summed E-state index contributed by atoms with van der Waals surface area (Å²) < 4.78 is 5.70. The summed E-state index contributed by atoms with van der Waals surface area (Å²) in [5.41, 5.74) is 3.77. The molecule has 2 heterocycles. The number of hydrogen-bond donors (Lipinski definition) is 2. The molecule has 1 unspecified atom stereocenters. The zero-order chi connectivity index (χ0) is 13.2. The predicted molar refractivity (Wildman–Crippen MR) is 78.9 cm³/mol. The fraction of sp³-hybridized carbons (Fsp3) is 0.500. The van der Waals surface area contributed by atoms with Gasteiger partial charge in [-0.2, -0.15) is 0 Å². The highest BCUT2D eigenvalue weighted by Gasteiger charge is 2.18. The summed E-state index contributed by atoms with van der Waals surface area (Å²) in [6.07, 6.45) is 5.77. The van der Waals surface area contributed by atoms with E-state index in [-0.39, 0.29) is 0 Å². The van der Waals surface area contributed by atoms with Crippen molar-refractivity contribution < 1.29 is 4.74 Å². The molecule has 2 N–H and O–H groups in total. The van der Waals surface area contributed by atoms with Crippen LogP contribution in [-0.4, -0.2) is 25.2 Å². The van der Waals surface area contributed by atoms with Crippen molar-refractivity contribution in [3.63, 3.8) is 0 Å². The highest BCUT2D eigenvalue weighted by atomic mass is 16.5. The second-order valence-corrected chi connectivity index (χ2v) is 5.57. The molecular weight excluding hydrogens is 236 g/mol. The van der Waals surface area contributed by atoms with Gasteiger partial charge in [-0.25, -0.2) is 0 Å². The van der Waals surface area contributed by atoms with Crippen LogP contribution in [0, 0.1) is 12.8 Å². The van der Waals surface area contributed by atoms with Gasteiger partial charge >= 0.3 is 0 Å². The molecule has 3 rings (SSSR count). The molecule has 1 saturated heterocycles. The van der Waals surface area contributed by atoms with Crippen molar-refractivity contribution >= 4 is 10.9 Å². The van der Waals surface area contributed by atoms with E-state index >= 15 is 0 Å². The quantitative estimate of drug-likeness (QED) is 0.888. The smallest absolute Gasteiger partial charge is 0.131 e. The summed E-state index contributed by atoms with van der Waals surface area (Å²) in [6.45, 7) is 4.43. The molecular formula is C16H22N2O. The molecule has 0 saturated carbocycles. The van der Waals surface area contributed by atoms with Gasteiger partial charge in [-0.05, 0) is 62.4 Å². The van der Waals surface area contributed by atoms with Gasteiger partial charge in [0.2, 0.25) is 0 Å². The number of fused-ring (bicyclic) bond motifs is 1. The van der Waals surface area contributed by atoms with Gasteiger partial charge in [-0.15, -0.1) is 0 Å². The van der Waals surface area contributed by atoms with E-state index in [2.05, 4.69) is 35.6 Å². The lowest BCUT2D eigenvalue weighted by Crippen LogP contribution is -2.30. The number of methoxy groups -OCH3 is 1. The molecule has 0 aliphatic carbocycles. The molecule has 1 fully saturated rings. The van der Waals surface area contributed by atoms with Crippen LogP contribution >= 0.6 is 0 Å². The second-order valence-electron chi connectivity index (χ2n) is 5.57. The monoisotopic (exact) mass is 258 g/mol. The molecule has 1 aliphatic rings. The summed E-state index contributed by atoms with van der Waals surface area (Å²) in [7, 11) is 1.78. The van der Waals surface area contributed by atoms with E-state index in [1.54, 1.807) is 7.11 Å². The molecule has 3 heteroatoms. The maximum atomic E-state index is 5.70. The Morgan fingerprint density at radius 3 is 3.00 bits per heavy atom. The van der Waals surface area contributed by atoms with Crippen LogP contribution in [0.2, 0.25) is 0 Å². The van der Waals surface area contributed by atoms with Crippen molar-refractivity contribution in [2.75, 3.05) is 20.2 Å². The summed E-state index contributed by atoms with van der Waals surface area (Å²) >= 11 is 0. The maximum absolute atomic E-state index is 5.70. The largest absolute Gasteiger partial charge is 0.496 e. The number of piperidine rings is 1. The molecule has 0 bridgehead atoms. The third-order valence-corrected chi connectivity index (χ3v) is 4.19. The van der Waals surface area contributed by atoms with Crippen molar-refractivity contribution in [3.05, 3.63) is 29.5 Å². The van der Waals surface area contributed by atoms with Crippen LogP contribution < -0.4 is 10.1 Å². The molecule has 2 aromatic rings. The Labute approximate surface area is 114 Å². The van der Waals surface area contributed by atoms with Gasteiger partial charge in [0.15, 0.2) is 0 Å². The first-order chi connectivity index (χ1) is 9.29. The first kappa shape index (κ1) is 12.5. The van der Waals surface area contributed by atoms with Gasteiger partial charge in [0.25, 0.3) is 0 Å². The van der Waals surface area contributed by atoms with Gasteiger partial charge in [0, 0.05) is 17.1 Å². The average Bonchev–Trinajstić information content (AvgIpc) is 2.82. The summed E-state index contributed by atoms with van der Waals surface area (Å²) in [5.74, 6) is 1.79. The molecule has 0 radical (unpaired) electrons. The first-order valence-corrected chi connectivity index (χ1v) is 7.14. The summed E-state index contributed by atoms with van der Waals surface area (Å²) in [5, 5.41) is 4.73. The predicted octanol–water partition coefficient (Wildman–Crippen LogP) is 3.03. The van der Waals surface area contributed by atoms with Crippen LogP contribution in [0.25, 0.3) is 10.9 Å². The minimum Gasteiger partial charge on any atom is -0.496 e. The first-order valence-electron chi connectivity index (χ1n) is 7.14. The van der Waals surface area contributed by atoms with E-state index in [9.17, 15) is 0 Å². The lowest BCUT2D eigenvalue weighted by molar-refractivity contribution is 0.365. The van der Waals surface area contributed by atoms with Crippen LogP contribution in [-0.2, 0) is 6.42 Å². The zero-order valence-electron chi connectivity index (χ0n) is 11.8. The standard InChI is InChI=1S/C16H22N2O/c1-11-9-18-14-6-5-13(16(19-2)15(11)14)8-12-4-3-7-17-10-12/h5-6,9,12,17-18H,3-4,7-8,10H2,1-2H3. The molecule has 19 heavy (non-hydrogen) atoms. The van der Waals surface area contributed by atoms with Crippen molar-refractivity contribution in [2.24, 2.45) is 5.92 Å². The number of rotatable bonds is 3. The number of nitrogens with one attached hydrogen (secondary N) is 2. The van der Waals surface area contributed by atoms with Gasteiger partial charge < -0.3 is 15.0 Å². The van der Waals surface area contributed by atoms with E-state index in [0.29, 0.717) is 0 Å². The van der Waals surface area contributed by atoms with E-state index < -0.39 is 0 Å². The van der Waals surface area contributed by atoms with Crippen LogP contribution in [0.5, 0.6) is 5.75 Å². The molecule has 1 atom stereocenters. The van der Waals surface area contributed by atoms with Crippen molar-refractivity contribution in [3.8, 4) is 5.75 Å². The Hall–Kier alpha value is -1.48. The lowest BCUT2D eigenvalue weighted by atomic mass is 9.91. The van der Waals surface area contributed by atoms with Crippen LogP contribution in [0.1, 0.15) is 24.0 Å². The van der Waals surface area contributed by atoms with Gasteiger partial charge in [-0.3, -0.25) is 0 Å². The molecule has 1 aromatic carbocycles. The topological polar surface area (TPSA) is 37.0 Å². The third-order valence-electron chi connectivity index (χ3n) is 4.19. The van der Waals surface area contributed by atoms with E-state index in [4.69, 9.17) is 4.74 Å². The number of benzene rings is 1. The number of aromatic amines is 1. The normalized spacial score (nSPS) is 19.8. The van der Waals surface area contributed by atoms with Crippen molar-refractivity contribution in [1.29, 1.82) is 0 Å². The molecule has 3 nitrogen and oxygen atoms in total. The second kappa shape index (κ2) is 5.25. The lowest BCUT2D eigenvalue weighted by Gasteiger charge is -2.23. The summed E-state index contributed by atoms with van der Waals surface area (Å²) in [6, 6.07) is 4.39. The van der Waals surface area contributed by atoms with Gasteiger partial charge in [0.1, 0.15) is 5.75 Å². The highest BCUT2D eigenvalue weighted by Crippen LogP contribution is 2.34. The Kier molecular flexibility index (Phi) is 3.47. The van der Waals surface area contributed by atoms with E-state index in [1.807, 2.05) is 0 Å². The maximum Gasteiger partial charge on any atom is 0.131 e. The fourth-order valence-corrected chi connectivity index (χ4v) is 3.20. The molecule has 1 aromatic heterocycles. The molecule has 1 aliphatic heterocycles. The molecule has 102 valence electrons. The number of H-pyrrole nitrogens is 1. The molecule has 0 spiro atoms. The van der Waals surface area contributed by atoms with Crippen molar-refractivity contribution in [2.45, 2.75) is 26.2 Å².